The van der Waals surface area contributed by atoms with E-state index < -0.39 is 0 Å². The Kier molecular flexibility index (Phi) is 6.99. The molecular formula is C16H27NO. The van der Waals surface area contributed by atoms with Crippen LogP contribution in [0.2, 0.25) is 0 Å². The molecule has 1 rings (SSSR count). The van der Waals surface area contributed by atoms with Gasteiger partial charge >= 0.3 is 0 Å². The second-order valence-corrected chi connectivity index (χ2v) is 4.94. The van der Waals surface area contributed by atoms with E-state index in [0.717, 1.165) is 13.2 Å². The van der Waals surface area contributed by atoms with Gasteiger partial charge in [0.1, 0.15) is 0 Å². The molecular weight excluding hydrogens is 222 g/mol. The summed E-state index contributed by atoms with van der Waals surface area (Å²) < 4.78 is 5.39. The van der Waals surface area contributed by atoms with E-state index in [4.69, 9.17) is 4.74 Å². The number of ether oxygens (including phenoxy) is 1. The number of likely N-dealkylation sites (N-methyl/N-ethyl adjacent to an activating group) is 1. The summed E-state index contributed by atoms with van der Waals surface area (Å²) in [6, 6.07) is 11.2. The molecule has 102 valence electrons. The Labute approximate surface area is 112 Å². The van der Waals surface area contributed by atoms with E-state index >= 15 is 0 Å². The standard InChI is InChI=1S/C16H27NO/c1-5-13(3)16(14-10-8-7-9-11-14)15(12-18-4)17-6-2/h7-11,13,15-17H,5-6,12H2,1-4H3. The highest BCUT2D eigenvalue weighted by Gasteiger charge is 2.26. The third kappa shape index (κ3) is 4.11. The Morgan fingerprint density at radius 3 is 2.33 bits per heavy atom. The van der Waals surface area contributed by atoms with Crippen LogP contribution >= 0.6 is 0 Å². The topological polar surface area (TPSA) is 21.3 Å². The molecule has 0 aliphatic heterocycles. The van der Waals surface area contributed by atoms with E-state index in [1.165, 1.54) is 12.0 Å². The summed E-state index contributed by atoms with van der Waals surface area (Å²) in [5.74, 6) is 1.16. The van der Waals surface area contributed by atoms with Crippen molar-refractivity contribution in [3.63, 3.8) is 0 Å². The Bertz CT molecular complexity index is 306. The number of rotatable bonds is 8. The van der Waals surface area contributed by atoms with E-state index in [-0.39, 0.29) is 0 Å². The van der Waals surface area contributed by atoms with Gasteiger partial charge in [-0.2, -0.15) is 0 Å². The maximum atomic E-state index is 5.39. The van der Waals surface area contributed by atoms with E-state index in [2.05, 4.69) is 56.4 Å². The average Bonchev–Trinajstić information content (AvgIpc) is 2.40. The van der Waals surface area contributed by atoms with Gasteiger partial charge in [-0.25, -0.2) is 0 Å². The molecule has 2 nitrogen and oxygen atoms in total. The fraction of sp³-hybridized carbons (Fsp3) is 0.625. The van der Waals surface area contributed by atoms with Crippen molar-refractivity contribution in [3.8, 4) is 0 Å². The number of hydrogen-bond acceptors (Lipinski definition) is 2. The molecule has 0 bridgehead atoms. The van der Waals surface area contributed by atoms with E-state index in [9.17, 15) is 0 Å². The fourth-order valence-electron chi connectivity index (χ4n) is 2.62. The molecule has 0 aromatic heterocycles. The van der Waals surface area contributed by atoms with Crippen LogP contribution in [0.15, 0.2) is 30.3 Å². The second-order valence-electron chi connectivity index (χ2n) is 4.94. The van der Waals surface area contributed by atoms with Crippen LogP contribution in [0.25, 0.3) is 0 Å². The van der Waals surface area contributed by atoms with Crippen molar-refractivity contribution < 1.29 is 4.74 Å². The van der Waals surface area contributed by atoms with E-state index in [1.807, 2.05) is 0 Å². The Morgan fingerprint density at radius 2 is 1.83 bits per heavy atom. The lowest BCUT2D eigenvalue weighted by molar-refractivity contribution is 0.143. The molecule has 3 atom stereocenters. The van der Waals surface area contributed by atoms with Gasteiger partial charge in [-0.05, 0) is 18.0 Å². The van der Waals surface area contributed by atoms with Crippen LogP contribution in [0.5, 0.6) is 0 Å². The lowest BCUT2D eigenvalue weighted by atomic mass is 9.80. The molecule has 0 spiro atoms. The van der Waals surface area contributed by atoms with Crippen LogP contribution < -0.4 is 5.32 Å². The van der Waals surface area contributed by atoms with Crippen molar-refractivity contribution in [1.82, 2.24) is 5.32 Å². The maximum absolute atomic E-state index is 5.39. The summed E-state index contributed by atoms with van der Waals surface area (Å²) >= 11 is 0. The first-order valence-electron chi connectivity index (χ1n) is 7.01. The van der Waals surface area contributed by atoms with Crippen molar-refractivity contribution >= 4 is 0 Å². The third-order valence-electron chi connectivity index (χ3n) is 3.69. The lowest BCUT2D eigenvalue weighted by Crippen LogP contribution is -2.41. The molecule has 0 heterocycles. The van der Waals surface area contributed by atoms with Crippen molar-refractivity contribution in [1.29, 1.82) is 0 Å². The molecule has 0 saturated carbocycles. The van der Waals surface area contributed by atoms with Gasteiger partial charge < -0.3 is 10.1 Å². The van der Waals surface area contributed by atoms with Crippen molar-refractivity contribution in [2.24, 2.45) is 5.92 Å². The predicted molar refractivity (Wildman–Crippen MR) is 78.0 cm³/mol. The van der Waals surface area contributed by atoms with Gasteiger partial charge in [0.2, 0.25) is 0 Å². The largest absolute Gasteiger partial charge is 0.383 e. The van der Waals surface area contributed by atoms with Crippen LogP contribution in [0.4, 0.5) is 0 Å². The average molecular weight is 249 g/mol. The third-order valence-corrected chi connectivity index (χ3v) is 3.69. The zero-order chi connectivity index (χ0) is 13.4. The zero-order valence-electron chi connectivity index (χ0n) is 12.1. The molecule has 3 unspecified atom stereocenters. The SMILES string of the molecule is CCNC(COC)C(c1ccccc1)C(C)CC. The highest BCUT2D eigenvalue weighted by Crippen LogP contribution is 2.30. The number of hydrogen-bond donors (Lipinski definition) is 1. The van der Waals surface area contributed by atoms with Gasteiger partial charge in [-0.3, -0.25) is 0 Å². The van der Waals surface area contributed by atoms with Crippen LogP contribution in [0, 0.1) is 5.92 Å². The second kappa shape index (κ2) is 8.28. The molecule has 0 fully saturated rings. The van der Waals surface area contributed by atoms with Crippen LogP contribution in [-0.2, 0) is 4.74 Å². The summed E-state index contributed by atoms with van der Waals surface area (Å²) in [6.45, 7) is 8.49. The fourth-order valence-corrected chi connectivity index (χ4v) is 2.62. The molecule has 18 heavy (non-hydrogen) atoms. The van der Waals surface area contributed by atoms with Gasteiger partial charge in [-0.1, -0.05) is 57.5 Å². The normalized spacial score (nSPS) is 16.2. The first-order chi connectivity index (χ1) is 8.74. The summed E-state index contributed by atoms with van der Waals surface area (Å²) in [5, 5.41) is 3.57. The van der Waals surface area contributed by atoms with Gasteiger partial charge in [0.15, 0.2) is 0 Å². The molecule has 0 amide bonds. The molecule has 1 aromatic rings. The zero-order valence-corrected chi connectivity index (χ0v) is 12.1. The predicted octanol–water partition coefficient (Wildman–Crippen LogP) is 3.44. The minimum absolute atomic E-state index is 0.386. The lowest BCUT2D eigenvalue weighted by Gasteiger charge is -2.32. The molecule has 1 N–H and O–H groups in total. The molecule has 0 radical (unpaired) electrons. The summed E-state index contributed by atoms with van der Waals surface area (Å²) in [5.41, 5.74) is 1.41. The van der Waals surface area contributed by atoms with Crippen molar-refractivity contribution in [2.45, 2.75) is 39.2 Å². The molecule has 2 heteroatoms. The highest BCUT2D eigenvalue weighted by molar-refractivity contribution is 5.22. The van der Waals surface area contributed by atoms with Crippen LogP contribution in [0.1, 0.15) is 38.7 Å². The summed E-state index contributed by atoms with van der Waals surface area (Å²) in [6.07, 6.45) is 1.19. The first kappa shape index (κ1) is 15.2. The van der Waals surface area contributed by atoms with Gasteiger partial charge in [0.25, 0.3) is 0 Å². The molecule has 0 aliphatic rings. The number of methoxy groups -OCH3 is 1. The van der Waals surface area contributed by atoms with E-state index in [1.54, 1.807) is 7.11 Å². The van der Waals surface area contributed by atoms with Gasteiger partial charge in [0, 0.05) is 19.1 Å². The Morgan fingerprint density at radius 1 is 1.17 bits per heavy atom. The summed E-state index contributed by atoms with van der Waals surface area (Å²) in [4.78, 5) is 0. The summed E-state index contributed by atoms with van der Waals surface area (Å²) in [7, 11) is 1.78. The smallest absolute Gasteiger partial charge is 0.0621 e. The van der Waals surface area contributed by atoms with Crippen molar-refractivity contribution in [3.05, 3.63) is 35.9 Å². The highest BCUT2D eigenvalue weighted by atomic mass is 16.5. The van der Waals surface area contributed by atoms with Crippen molar-refractivity contribution in [2.75, 3.05) is 20.3 Å². The van der Waals surface area contributed by atoms with E-state index in [0.29, 0.717) is 17.9 Å². The Balaban J connectivity index is 2.95. The Hall–Kier alpha value is -0.860. The molecule has 0 aliphatic carbocycles. The first-order valence-corrected chi connectivity index (χ1v) is 7.01. The van der Waals surface area contributed by atoms with Gasteiger partial charge in [0.05, 0.1) is 6.61 Å². The van der Waals surface area contributed by atoms with Crippen LogP contribution in [0.3, 0.4) is 0 Å². The number of nitrogens with one attached hydrogen (secondary N) is 1. The minimum Gasteiger partial charge on any atom is -0.383 e. The molecule has 1 aromatic carbocycles. The molecule has 0 saturated heterocycles. The van der Waals surface area contributed by atoms with Crippen LogP contribution in [-0.4, -0.2) is 26.3 Å². The van der Waals surface area contributed by atoms with Gasteiger partial charge in [-0.15, -0.1) is 0 Å². The quantitative estimate of drug-likeness (QED) is 0.762. The number of benzene rings is 1. The maximum Gasteiger partial charge on any atom is 0.0621 e. The monoisotopic (exact) mass is 249 g/mol. The minimum atomic E-state index is 0.386.